The van der Waals surface area contributed by atoms with E-state index in [0.717, 1.165) is 24.6 Å². The lowest BCUT2D eigenvalue weighted by Gasteiger charge is -2.09. The van der Waals surface area contributed by atoms with Gasteiger partial charge in [-0.25, -0.2) is 0 Å². The second kappa shape index (κ2) is 7.15. The van der Waals surface area contributed by atoms with Gasteiger partial charge < -0.3 is 14.5 Å². The number of furan rings is 1. The summed E-state index contributed by atoms with van der Waals surface area (Å²) in [4.78, 5) is 0. The van der Waals surface area contributed by atoms with Crippen molar-refractivity contribution < 1.29 is 9.15 Å². The molecule has 0 saturated heterocycles. The van der Waals surface area contributed by atoms with E-state index in [4.69, 9.17) is 9.15 Å². The summed E-state index contributed by atoms with van der Waals surface area (Å²) in [6.45, 7) is 8.75. The molecule has 3 heteroatoms. The Morgan fingerprint density at radius 3 is 2.85 bits per heavy atom. The minimum atomic E-state index is 0.467. The molecule has 1 N–H and O–H groups in total. The van der Waals surface area contributed by atoms with Gasteiger partial charge in [-0.1, -0.05) is 26.0 Å². The van der Waals surface area contributed by atoms with E-state index in [-0.39, 0.29) is 0 Å². The largest absolute Gasteiger partial charge is 0.486 e. The molecule has 1 heterocycles. The fourth-order valence-corrected chi connectivity index (χ4v) is 2.00. The first kappa shape index (κ1) is 14.7. The molecule has 1 aromatic heterocycles. The molecule has 0 fully saturated rings. The first-order valence-electron chi connectivity index (χ1n) is 7.10. The van der Waals surface area contributed by atoms with Gasteiger partial charge in [0, 0.05) is 12.1 Å². The Bertz CT molecular complexity index is 531. The van der Waals surface area contributed by atoms with Crippen molar-refractivity contribution in [2.75, 3.05) is 6.54 Å². The van der Waals surface area contributed by atoms with Crippen molar-refractivity contribution in [2.45, 2.75) is 33.9 Å². The van der Waals surface area contributed by atoms with E-state index >= 15 is 0 Å². The molecule has 20 heavy (non-hydrogen) atoms. The number of benzene rings is 1. The zero-order valence-electron chi connectivity index (χ0n) is 12.5. The molecule has 0 aliphatic heterocycles. The summed E-state index contributed by atoms with van der Waals surface area (Å²) in [5.41, 5.74) is 2.36. The quantitative estimate of drug-likeness (QED) is 0.830. The summed E-state index contributed by atoms with van der Waals surface area (Å²) in [5.74, 6) is 2.42. The van der Waals surface area contributed by atoms with Crippen LogP contribution in [0.5, 0.6) is 5.75 Å². The third kappa shape index (κ3) is 4.42. The summed E-state index contributed by atoms with van der Waals surface area (Å²) in [6.07, 6.45) is 1.72. The van der Waals surface area contributed by atoms with Crippen LogP contribution in [0.15, 0.2) is 41.0 Å². The Balaban J connectivity index is 1.88. The summed E-state index contributed by atoms with van der Waals surface area (Å²) < 4.78 is 11.3. The number of nitrogens with one attached hydrogen (secondary N) is 1. The molecule has 0 amide bonds. The molecule has 108 valence electrons. The molecular weight excluding hydrogens is 250 g/mol. The van der Waals surface area contributed by atoms with Crippen LogP contribution in [0, 0.1) is 12.8 Å². The number of rotatable bonds is 7. The Morgan fingerprint density at radius 2 is 2.10 bits per heavy atom. The van der Waals surface area contributed by atoms with E-state index in [1.165, 1.54) is 11.1 Å². The lowest BCUT2D eigenvalue weighted by atomic mass is 10.2. The van der Waals surface area contributed by atoms with E-state index in [0.29, 0.717) is 12.5 Å². The van der Waals surface area contributed by atoms with Gasteiger partial charge in [-0.15, -0.1) is 0 Å². The Labute approximate surface area is 121 Å². The summed E-state index contributed by atoms with van der Waals surface area (Å²) in [7, 11) is 0. The molecule has 0 aliphatic carbocycles. The van der Waals surface area contributed by atoms with E-state index in [9.17, 15) is 0 Å². The molecule has 0 aliphatic rings. The van der Waals surface area contributed by atoms with Crippen molar-refractivity contribution in [1.82, 2.24) is 5.32 Å². The highest BCUT2D eigenvalue weighted by Crippen LogP contribution is 2.17. The Hall–Kier alpha value is -1.74. The molecule has 0 atom stereocenters. The van der Waals surface area contributed by atoms with Gasteiger partial charge in [-0.05, 0) is 43.1 Å². The Morgan fingerprint density at radius 1 is 1.25 bits per heavy atom. The van der Waals surface area contributed by atoms with Gasteiger partial charge in [0.2, 0.25) is 0 Å². The van der Waals surface area contributed by atoms with Crippen LogP contribution in [0.3, 0.4) is 0 Å². The van der Waals surface area contributed by atoms with Gasteiger partial charge in [0.25, 0.3) is 0 Å². The summed E-state index contributed by atoms with van der Waals surface area (Å²) in [5, 5.41) is 3.42. The zero-order chi connectivity index (χ0) is 14.4. The minimum Gasteiger partial charge on any atom is -0.486 e. The van der Waals surface area contributed by atoms with Crippen LogP contribution in [-0.2, 0) is 13.2 Å². The average molecular weight is 273 g/mol. The van der Waals surface area contributed by atoms with E-state index in [1.807, 2.05) is 24.3 Å². The molecule has 0 bridgehead atoms. The zero-order valence-corrected chi connectivity index (χ0v) is 12.5. The van der Waals surface area contributed by atoms with Gasteiger partial charge in [-0.2, -0.15) is 0 Å². The van der Waals surface area contributed by atoms with Gasteiger partial charge in [0.1, 0.15) is 18.1 Å². The topological polar surface area (TPSA) is 34.4 Å². The van der Waals surface area contributed by atoms with Gasteiger partial charge in [-0.3, -0.25) is 0 Å². The number of hydrogen-bond donors (Lipinski definition) is 1. The second-order valence-corrected chi connectivity index (χ2v) is 5.50. The van der Waals surface area contributed by atoms with Crippen molar-refractivity contribution >= 4 is 0 Å². The van der Waals surface area contributed by atoms with Gasteiger partial charge >= 0.3 is 0 Å². The van der Waals surface area contributed by atoms with Crippen LogP contribution >= 0.6 is 0 Å². The number of aryl methyl sites for hydroxylation is 1. The first-order chi connectivity index (χ1) is 9.65. The van der Waals surface area contributed by atoms with Crippen molar-refractivity contribution in [3.05, 3.63) is 53.5 Å². The van der Waals surface area contributed by atoms with Crippen molar-refractivity contribution in [2.24, 2.45) is 5.92 Å². The normalized spacial score (nSPS) is 11.0. The molecule has 0 unspecified atom stereocenters. The predicted octanol–water partition coefficient (Wildman–Crippen LogP) is 3.91. The van der Waals surface area contributed by atoms with Crippen molar-refractivity contribution in [3.63, 3.8) is 0 Å². The molecule has 0 spiro atoms. The molecule has 3 nitrogen and oxygen atoms in total. The van der Waals surface area contributed by atoms with Crippen LogP contribution < -0.4 is 10.1 Å². The van der Waals surface area contributed by atoms with Crippen LogP contribution in [-0.4, -0.2) is 6.54 Å². The SMILES string of the molecule is Cc1cccc(OCc2occc2CNCC(C)C)c1. The van der Waals surface area contributed by atoms with Crippen LogP contribution in [0.1, 0.15) is 30.7 Å². The Kier molecular flexibility index (Phi) is 5.24. The average Bonchev–Trinajstić information content (AvgIpc) is 2.84. The van der Waals surface area contributed by atoms with E-state index in [2.05, 4.69) is 32.2 Å². The standard InChI is InChI=1S/C17H23NO2/c1-13(2)10-18-11-15-7-8-19-17(15)12-20-16-6-4-5-14(3)9-16/h4-9,13,18H,10-12H2,1-3H3. The minimum absolute atomic E-state index is 0.467. The molecule has 2 aromatic rings. The monoisotopic (exact) mass is 273 g/mol. The van der Waals surface area contributed by atoms with Crippen LogP contribution in [0.25, 0.3) is 0 Å². The molecule has 1 aromatic carbocycles. The lowest BCUT2D eigenvalue weighted by molar-refractivity contribution is 0.268. The highest BCUT2D eigenvalue weighted by molar-refractivity contribution is 5.28. The molecule has 2 rings (SSSR count). The highest BCUT2D eigenvalue weighted by Gasteiger charge is 2.07. The van der Waals surface area contributed by atoms with E-state index in [1.54, 1.807) is 6.26 Å². The van der Waals surface area contributed by atoms with Gasteiger partial charge in [0.05, 0.1) is 6.26 Å². The smallest absolute Gasteiger partial charge is 0.146 e. The summed E-state index contributed by atoms with van der Waals surface area (Å²) >= 11 is 0. The maximum Gasteiger partial charge on any atom is 0.146 e. The third-order valence-corrected chi connectivity index (χ3v) is 3.07. The fourth-order valence-electron chi connectivity index (χ4n) is 2.00. The maximum absolute atomic E-state index is 5.78. The first-order valence-corrected chi connectivity index (χ1v) is 7.10. The molecule has 0 radical (unpaired) electrons. The van der Waals surface area contributed by atoms with Crippen molar-refractivity contribution in [1.29, 1.82) is 0 Å². The summed E-state index contributed by atoms with van der Waals surface area (Å²) in [6, 6.07) is 10.0. The molecular formula is C17H23NO2. The fraction of sp³-hybridized carbons (Fsp3) is 0.412. The van der Waals surface area contributed by atoms with Crippen LogP contribution in [0.2, 0.25) is 0 Å². The lowest BCUT2D eigenvalue weighted by Crippen LogP contribution is -2.19. The van der Waals surface area contributed by atoms with E-state index < -0.39 is 0 Å². The van der Waals surface area contributed by atoms with Crippen LogP contribution in [0.4, 0.5) is 0 Å². The second-order valence-electron chi connectivity index (χ2n) is 5.50. The van der Waals surface area contributed by atoms with Crippen molar-refractivity contribution in [3.8, 4) is 5.75 Å². The number of ether oxygens (including phenoxy) is 1. The number of hydrogen-bond acceptors (Lipinski definition) is 3. The predicted molar refractivity (Wildman–Crippen MR) is 80.8 cm³/mol. The van der Waals surface area contributed by atoms with Gasteiger partial charge in [0.15, 0.2) is 0 Å². The maximum atomic E-state index is 5.78. The highest BCUT2D eigenvalue weighted by atomic mass is 16.5. The molecule has 0 saturated carbocycles. The third-order valence-electron chi connectivity index (χ3n) is 3.07.